The summed E-state index contributed by atoms with van der Waals surface area (Å²) in [5.74, 6) is 0. The number of nitrogens with two attached hydrogens (primary N) is 1. The molecule has 0 atom stereocenters. The van der Waals surface area contributed by atoms with E-state index in [9.17, 15) is 8.42 Å². The van der Waals surface area contributed by atoms with Gasteiger partial charge < -0.3 is 10.5 Å². The molecular weight excluding hydrogens is 278 g/mol. The first kappa shape index (κ1) is 16.9. The second kappa shape index (κ2) is 7.58. The number of nitrogens with zero attached hydrogens (tertiary/aromatic N) is 1. The normalized spacial score (nSPS) is 12.2. The van der Waals surface area contributed by atoms with Crippen LogP contribution in [0.5, 0.6) is 0 Å². The minimum atomic E-state index is -3.54. The molecule has 1 aromatic rings. The van der Waals surface area contributed by atoms with E-state index >= 15 is 0 Å². The van der Waals surface area contributed by atoms with Crippen LogP contribution in [0.2, 0.25) is 0 Å². The summed E-state index contributed by atoms with van der Waals surface area (Å²) in [6.07, 6.45) is 0. The van der Waals surface area contributed by atoms with Crippen molar-refractivity contribution in [2.75, 3.05) is 26.0 Å². The Bertz CT molecular complexity index is 517. The van der Waals surface area contributed by atoms with Gasteiger partial charge in [-0.2, -0.15) is 17.4 Å². The van der Waals surface area contributed by atoms with Gasteiger partial charge in [0.1, 0.15) is 0 Å². The van der Waals surface area contributed by atoms with Crippen LogP contribution >= 0.6 is 0 Å². The second-order valence-electron chi connectivity index (χ2n) is 4.78. The molecule has 0 aromatic heterocycles. The molecule has 0 aliphatic heterocycles. The van der Waals surface area contributed by atoms with Crippen molar-refractivity contribution in [3.05, 3.63) is 29.8 Å². The van der Waals surface area contributed by atoms with Crippen molar-refractivity contribution in [2.24, 2.45) is 0 Å². The van der Waals surface area contributed by atoms with Gasteiger partial charge in [0, 0.05) is 31.9 Å². The highest BCUT2D eigenvalue weighted by atomic mass is 32.2. The molecular formula is C13H23N3O3S. The highest BCUT2D eigenvalue weighted by Crippen LogP contribution is 2.14. The summed E-state index contributed by atoms with van der Waals surface area (Å²) in [7, 11) is -2.01. The van der Waals surface area contributed by atoms with Gasteiger partial charge in [-0.3, -0.25) is 0 Å². The van der Waals surface area contributed by atoms with Crippen LogP contribution in [0, 0.1) is 0 Å². The summed E-state index contributed by atoms with van der Waals surface area (Å²) < 4.78 is 33.3. The first-order valence-corrected chi connectivity index (χ1v) is 7.90. The zero-order chi connectivity index (χ0) is 15.2. The summed E-state index contributed by atoms with van der Waals surface area (Å²) >= 11 is 0. The Hall–Kier alpha value is -1.15. The fourth-order valence-corrected chi connectivity index (χ4v) is 3.15. The molecule has 0 saturated carbocycles. The molecule has 0 aliphatic rings. The molecule has 0 saturated heterocycles. The van der Waals surface area contributed by atoms with Crippen LogP contribution in [-0.2, 0) is 21.5 Å². The first-order chi connectivity index (χ1) is 9.36. The summed E-state index contributed by atoms with van der Waals surface area (Å²) in [5.41, 5.74) is 7.20. The van der Waals surface area contributed by atoms with Crippen molar-refractivity contribution in [2.45, 2.75) is 26.4 Å². The molecule has 0 spiro atoms. The van der Waals surface area contributed by atoms with Crippen molar-refractivity contribution in [3.63, 3.8) is 0 Å². The standard InChI is InChI=1S/C13H23N3O3S/c1-11(2)16(20(17,18)15-7-8-19-3)10-12-5-4-6-13(14)9-12/h4-6,9,11,15H,7-8,10,14H2,1-3H3. The number of nitrogen functional groups attached to an aromatic ring is 1. The van der Waals surface area contributed by atoms with E-state index in [1.54, 1.807) is 12.1 Å². The number of anilines is 1. The molecule has 0 unspecified atom stereocenters. The number of methoxy groups -OCH3 is 1. The van der Waals surface area contributed by atoms with Crippen molar-refractivity contribution >= 4 is 15.9 Å². The lowest BCUT2D eigenvalue weighted by Crippen LogP contribution is -2.44. The Morgan fingerprint density at radius 1 is 1.40 bits per heavy atom. The minimum absolute atomic E-state index is 0.156. The maximum absolute atomic E-state index is 12.3. The SMILES string of the molecule is COCCNS(=O)(=O)N(Cc1cccc(N)c1)C(C)C. The van der Waals surface area contributed by atoms with Crippen LogP contribution in [0.15, 0.2) is 24.3 Å². The second-order valence-corrected chi connectivity index (χ2v) is 6.48. The molecule has 6 nitrogen and oxygen atoms in total. The third kappa shape index (κ3) is 5.09. The molecule has 0 bridgehead atoms. The Morgan fingerprint density at radius 2 is 2.10 bits per heavy atom. The Morgan fingerprint density at radius 3 is 2.65 bits per heavy atom. The summed E-state index contributed by atoms with van der Waals surface area (Å²) in [6.45, 7) is 4.54. The van der Waals surface area contributed by atoms with E-state index in [2.05, 4.69) is 4.72 Å². The van der Waals surface area contributed by atoms with Crippen LogP contribution in [-0.4, -0.2) is 39.0 Å². The van der Waals surface area contributed by atoms with Crippen molar-refractivity contribution in [3.8, 4) is 0 Å². The largest absolute Gasteiger partial charge is 0.399 e. The molecule has 1 aromatic carbocycles. The van der Waals surface area contributed by atoms with Gasteiger partial charge in [-0.1, -0.05) is 12.1 Å². The van der Waals surface area contributed by atoms with Crippen molar-refractivity contribution < 1.29 is 13.2 Å². The predicted molar refractivity (Wildman–Crippen MR) is 80.3 cm³/mol. The molecule has 0 amide bonds. The van der Waals surface area contributed by atoms with Crippen molar-refractivity contribution in [1.29, 1.82) is 0 Å². The van der Waals surface area contributed by atoms with E-state index in [-0.39, 0.29) is 19.1 Å². The van der Waals surface area contributed by atoms with Crippen LogP contribution in [0.25, 0.3) is 0 Å². The number of rotatable bonds is 8. The third-order valence-corrected chi connectivity index (χ3v) is 4.50. The zero-order valence-corrected chi connectivity index (χ0v) is 13.0. The number of hydrogen-bond acceptors (Lipinski definition) is 4. The Kier molecular flexibility index (Phi) is 6.41. The number of ether oxygens (including phenoxy) is 1. The predicted octanol–water partition coefficient (Wildman–Crippen LogP) is 0.960. The summed E-state index contributed by atoms with van der Waals surface area (Å²) in [4.78, 5) is 0. The quantitative estimate of drug-likeness (QED) is 0.553. The molecule has 0 radical (unpaired) electrons. The average Bonchev–Trinajstić information content (AvgIpc) is 2.35. The van der Waals surface area contributed by atoms with Gasteiger partial charge in [0.2, 0.25) is 0 Å². The fourth-order valence-electron chi connectivity index (χ4n) is 1.77. The van der Waals surface area contributed by atoms with E-state index in [1.807, 2.05) is 26.0 Å². The Balaban J connectivity index is 2.83. The third-order valence-electron chi connectivity index (χ3n) is 2.76. The molecule has 0 heterocycles. The van der Waals surface area contributed by atoms with Crippen molar-refractivity contribution in [1.82, 2.24) is 9.03 Å². The van der Waals surface area contributed by atoms with Gasteiger partial charge in [-0.05, 0) is 31.5 Å². The van der Waals surface area contributed by atoms with Gasteiger partial charge in [0.25, 0.3) is 10.2 Å². The topological polar surface area (TPSA) is 84.7 Å². The van der Waals surface area contributed by atoms with E-state index in [1.165, 1.54) is 11.4 Å². The molecule has 0 aliphatic carbocycles. The summed E-state index contributed by atoms with van der Waals surface area (Å²) in [5, 5.41) is 0. The minimum Gasteiger partial charge on any atom is -0.399 e. The molecule has 1 rings (SSSR count). The van der Waals surface area contributed by atoms with E-state index in [0.717, 1.165) is 5.56 Å². The maximum Gasteiger partial charge on any atom is 0.280 e. The van der Waals surface area contributed by atoms with E-state index in [0.29, 0.717) is 12.3 Å². The number of nitrogens with one attached hydrogen (secondary N) is 1. The smallest absolute Gasteiger partial charge is 0.280 e. The van der Waals surface area contributed by atoms with E-state index < -0.39 is 10.2 Å². The molecule has 3 N–H and O–H groups in total. The molecule has 20 heavy (non-hydrogen) atoms. The first-order valence-electron chi connectivity index (χ1n) is 6.46. The highest BCUT2D eigenvalue weighted by Gasteiger charge is 2.24. The lowest BCUT2D eigenvalue weighted by atomic mass is 10.2. The Labute approximate surface area is 121 Å². The van der Waals surface area contributed by atoms with E-state index in [4.69, 9.17) is 10.5 Å². The zero-order valence-electron chi connectivity index (χ0n) is 12.2. The van der Waals surface area contributed by atoms with Gasteiger partial charge in [0.15, 0.2) is 0 Å². The average molecular weight is 301 g/mol. The molecule has 7 heteroatoms. The fraction of sp³-hybridized carbons (Fsp3) is 0.538. The van der Waals surface area contributed by atoms with Gasteiger partial charge in [0.05, 0.1) is 6.61 Å². The monoisotopic (exact) mass is 301 g/mol. The highest BCUT2D eigenvalue weighted by molar-refractivity contribution is 7.87. The maximum atomic E-state index is 12.3. The van der Waals surface area contributed by atoms with Crippen LogP contribution < -0.4 is 10.5 Å². The lowest BCUT2D eigenvalue weighted by Gasteiger charge is -2.26. The number of benzene rings is 1. The lowest BCUT2D eigenvalue weighted by molar-refractivity contribution is 0.203. The van der Waals surface area contributed by atoms with Crippen LogP contribution in [0.3, 0.4) is 0 Å². The number of hydrogen-bond donors (Lipinski definition) is 2. The molecule has 114 valence electrons. The van der Waals surface area contributed by atoms with Gasteiger partial charge in [-0.25, -0.2) is 0 Å². The van der Waals surface area contributed by atoms with Crippen LogP contribution in [0.1, 0.15) is 19.4 Å². The van der Waals surface area contributed by atoms with Crippen LogP contribution in [0.4, 0.5) is 5.69 Å². The molecule has 0 fully saturated rings. The van der Waals surface area contributed by atoms with Gasteiger partial charge >= 0.3 is 0 Å². The summed E-state index contributed by atoms with van der Waals surface area (Å²) in [6, 6.07) is 7.07. The van der Waals surface area contributed by atoms with Gasteiger partial charge in [-0.15, -0.1) is 0 Å².